The molecule has 0 aromatic heterocycles. The van der Waals surface area contributed by atoms with Crippen molar-refractivity contribution in [2.24, 2.45) is 0 Å². The largest absolute Gasteiger partial charge is 0.490 e. The van der Waals surface area contributed by atoms with Crippen molar-refractivity contribution in [3.05, 3.63) is 28.8 Å². The number of rotatable bonds is 5. The van der Waals surface area contributed by atoms with Crippen LogP contribution in [0.2, 0.25) is 0 Å². The Kier molecular flexibility index (Phi) is 5.06. The van der Waals surface area contributed by atoms with Gasteiger partial charge in [0.2, 0.25) is 0 Å². The lowest BCUT2D eigenvalue weighted by molar-refractivity contribution is -0.000520. The average Bonchev–Trinajstić information content (AvgIpc) is 2.43. The van der Waals surface area contributed by atoms with E-state index in [1.165, 1.54) is 11.1 Å². The summed E-state index contributed by atoms with van der Waals surface area (Å²) < 4.78 is 5.81. The summed E-state index contributed by atoms with van der Waals surface area (Å²) in [5, 5.41) is 10.4. The third kappa shape index (κ3) is 2.84. The van der Waals surface area contributed by atoms with Crippen LogP contribution in [-0.4, -0.2) is 35.8 Å². The van der Waals surface area contributed by atoms with E-state index in [-0.39, 0.29) is 6.04 Å². The van der Waals surface area contributed by atoms with Crippen molar-refractivity contribution in [1.29, 1.82) is 0 Å². The Balaban J connectivity index is 2.40. The zero-order valence-corrected chi connectivity index (χ0v) is 13.1. The zero-order chi connectivity index (χ0) is 14.7. The maximum Gasteiger partial charge on any atom is 0.127 e. The lowest BCUT2D eigenvalue weighted by Crippen LogP contribution is -2.43. The quantitative estimate of drug-likeness (QED) is 0.897. The van der Waals surface area contributed by atoms with E-state index in [0.717, 1.165) is 37.2 Å². The normalized spacial score (nSPS) is 21.7. The first kappa shape index (κ1) is 15.3. The van der Waals surface area contributed by atoms with Crippen molar-refractivity contribution in [2.45, 2.75) is 52.7 Å². The minimum absolute atomic E-state index is 0.0675. The summed E-state index contributed by atoms with van der Waals surface area (Å²) in [6.45, 7) is 11.0. The number of benzene rings is 1. The Morgan fingerprint density at radius 1 is 1.20 bits per heavy atom. The molecule has 0 spiro atoms. The minimum atomic E-state index is -0.442. The minimum Gasteiger partial charge on any atom is -0.490 e. The number of hydrogen-bond donors (Lipinski definition) is 1. The molecule has 0 aliphatic carbocycles. The van der Waals surface area contributed by atoms with Crippen LogP contribution >= 0.6 is 0 Å². The van der Waals surface area contributed by atoms with Gasteiger partial charge in [-0.15, -0.1) is 0 Å². The fourth-order valence-electron chi connectivity index (χ4n) is 3.11. The van der Waals surface area contributed by atoms with Crippen molar-refractivity contribution >= 4 is 0 Å². The van der Waals surface area contributed by atoms with Crippen molar-refractivity contribution in [2.75, 3.05) is 19.7 Å². The first-order chi connectivity index (χ1) is 9.60. The summed E-state index contributed by atoms with van der Waals surface area (Å²) in [5.41, 5.74) is 3.59. The molecule has 0 fully saturated rings. The van der Waals surface area contributed by atoms with Gasteiger partial charge in [-0.1, -0.05) is 26.0 Å². The second-order valence-corrected chi connectivity index (χ2v) is 5.78. The van der Waals surface area contributed by atoms with Gasteiger partial charge in [-0.3, -0.25) is 4.90 Å². The molecule has 2 atom stereocenters. The smallest absolute Gasteiger partial charge is 0.127 e. The Morgan fingerprint density at radius 3 is 2.45 bits per heavy atom. The molecule has 1 heterocycles. The van der Waals surface area contributed by atoms with Crippen LogP contribution in [0.1, 0.15) is 49.4 Å². The average molecular weight is 277 g/mol. The Bertz CT molecular complexity index is 453. The topological polar surface area (TPSA) is 32.7 Å². The number of aliphatic hydroxyl groups excluding tert-OH is 1. The summed E-state index contributed by atoms with van der Waals surface area (Å²) in [6.07, 6.45) is 1.76. The van der Waals surface area contributed by atoms with Gasteiger partial charge < -0.3 is 9.84 Å². The fourth-order valence-corrected chi connectivity index (χ4v) is 3.11. The van der Waals surface area contributed by atoms with E-state index in [2.05, 4.69) is 44.7 Å². The van der Waals surface area contributed by atoms with Crippen LogP contribution in [0.25, 0.3) is 0 Å². The van der Waals surface area contributed by atoms with Gasteiger partial charge in [-0.25, -0.2) is 0 Å². The van der Waals surface area contributed by atoms with Gasteiger partial charge in [0.1, 0.15) is 18.5 Å². The van der Waals surface area contributed by atoms with Gasteiger partial charge in [0.25, 0.3) is 0 Å². The molecule has 20 heavy (non-hydrogen) atoms. The monoisotopic (exact) mass is 277 g/mol. The molecular formula is C17H27NO2. The third-order valence-electron chi connectivity index (χ3n) is 4.20. The number of ether oxygens (including phenoxy) is 1. The molecule has 3 nitrogen and oxygen atoms in total. The second-order valence-electron chi connectivity index (χ2n) is 5.78. The molecule has 2 rings (SSSR count). The van der Waals surface area contributed by atoms with Crippen LogP contribution in [0.15, 0.2) is 12.1 Å². The van der Waals surface area contributed by atoms with Crippen LogP contribution < -0.4 is 4.74 Å². The van der Waals surface area contributed by atoms with E-state index in [0.29, 0.717) is 6.61 Å². The molecule has 1 aliphatic heterocycles. The van der Waals surface area contributed by atoms with Crippen molar-refractivity contribution < 1.29 is 9.84 Å². The first-order valence-electron chi connectivity index (χ1n) is 7.75. The van der Waals surface area contributed by atoms with Crippen LogP contribution in [0, 0.1) is 13.8 Å². The molecule has 0 saturated carbocycles. The Hall–Kier alpha value is -1.06. The highest BCUT2D eigenvalue weighted by molar-refractivity contribution is 5.48. The van der Waals surface area contributed by atoms with E-state index in [4.69, 9.17) is 4.74 Å². The number of aryl methyl sites for hydroxylation is 1. The van der Waals surface area contributed by atoms with E-state index in [1.807, 2.05) is 0 Å². The Morgan fingerprint density at radius 2 is 1.85 bits per heavy atom. The number of nitrogens with zero attached hydrogens (tertiary/aromatic N) is 1. The molecule has 0 radical (unpaired) electrons. The van der Waals surface area contributed by atoms with Crippen LogP contribution in [0.5, 0.6) is 5.75 Å². The highest BCUT2D eigenvalue weighted by Crippen LogP contribution is 2.39. The molecule has 1 N–H and O–H groups in total. The van der Waals surface area contributed by atoms with Gasteiger partial charge in [0, 0.05) is 5.56 Å². The van der Waals surface area contributed by atoms with Crippen molar-refractivity contribution in [1.82, 2.24) is 4.90 Å². The van der Waals surface area contributed by atoms with Crippen LogP contribution in [0.4, 0.5) is 0 Å². The van der Waals surface area contributed by atoms with E-state index >= 15 is 0 Å². The number of fused-ring (bicyclic) bond motifs is 1. The first-order valence-corrected chi connectivity index (χ1v) is 7.75. The molecule has 1 aromatic carbocycles. The molecule has 1 aromatic rings. The van der Waals surface area contributed by atoms with Crippen LogP contribution in [-0.2, 0) is 0 Å². The zero-order valence-electron chi connectivity index (χ0n) is 13.1. The summed E-state index contributed by atoms with van der Waals surface area (Å²) in [5.74, 6) is 0.984. The molecule has 1 aliphatic rings. The molecule has 3 heteroatoms. The lowest BCUT2D eigenvalue weighted by Gasteiger charge is -2.39. The third-order valence-corrected chi connectivity index (χ3v) is 4.20. The molecule has 0 saturated heterocycles. The van der Waals surface area contributed by atoms with Crippen molar-refractivity contribution in [3.8, 4) is 5.75 Å². The highest BCUT2D eigenvalue weighted by Gasteiger charge is 2.34. The van der Waals surface area contributed by atoms with Gasteiger partial charge in [0.15, 0.2) is 0 Å². The van der Waals surface area contributed by atoms with Gasteiger partial charge in [-0.2, -0.15) is 0 Å². The molecular weight excluding hydrogens is 250 g/mol. The molecule has 0 bridgehead atoms. The fraction of sp³-hybridized carbons (Fsp3) is 0.647. The van der Waals surface area contributed by atoms with Gasteiger partial charge >= 0.3 is 0 Å². The predicted octanol–water partition coefficient (Wildman–Crippen LogP) is 3.22. The van der Waals surface area contributed by atoms with Gasteiger partial charge in [-0.05, 0) is 50.9 Å². The molecule has 0 amide bonds. The van der Waals surface area contributed by atoms with E-state index in [9.17, 15) is 5.11 Å². The summed E-state index contributed by atoms with van der Waals surface area (Å²) in [6, 6.07) is 4.33. The number of hydrogen-bond acceptors (Lipinski definition) is 3. The summed E-state index contributed by atoms with van der Waals surface area (Å²) >= 11 is 0. The predicted molar refractivity (Wildman–Crippen MR) is 82.3 cm³/mol. The maximum atomic E-state index is 10.4. The van der Waals surface area contributed by atoms with E-state index < -0.39 is 6.10 Å². The van der Waals surface area contributed by atoms with Crippen molar-refractivity contribution in [3.63, 3.8) is 0 Å². The Labute approximate surface area is 122 Å². The lowest BCUT2D eigenvalue weighted by atomic mass is 9.92. The molecule has 2 unspecified atom stereocenters. The maximum absolute atomic E-state index is 10.4. The summed E-state index contributed by atoms with van der Waals surface area (Å²) in [4.78, 5) is 2.40. The van der Waals surface area contributed by atoms with E-state index in [1.54, 1.807) is 0 Å². The highest BCUT2D eigenvalue weighted by atomic mass is 16.5. The standard InChI is InChI=1S/C17H27NO2/c1-5-9-18(10-6-2)16-14-8-7-12(3)13(4)17(14)20-11-15(16)19/h7-8,15-16,19H,5-6,9-11H2,1-4H3. The molecule has 112 valence electrons. The van der Waals surface area contributed by atoms with Gasteiger partial charge in [0.05, 0.1) is 6.04 Å². The second kappa shape index (κ2) is 6.59. The number of aliphatic hydroxyl groups is 1. The summed E-state index contributed by atoms with van der Waals surface area (Å²) in [7, 11) is 0. The SMILES string of the molecule is CCCN(CCC)C1c2ccc(C)c(C)c2OCC1O. The van der Waals surface area contributed by atoms with Crippen LogP contribution in [0.3, 0.4) is 0 Å².